The number of nitro groups is 1. The second-order valence-corrected chi connectivity index (χ2v) is 8.68. The van der Waals surface area contributed by atoms with Gasteiger partial charge in [0, 0.05) is 41.3 Å². The van der Waals surface area contributed by atoms with Crippen LogP contribution >= 0.6 is 0 Å². The normalized spacial score (nSPS) is 16.9. The van der Waals surface area contributed by atoms with Crippen LogP contribution in [0, 0.1) is 10.1 Å². The molecular formula is C28H23N3O6. The number of rotatable bonds is 7. The molecule has 1 aliphatic heterocycles. The van der Waals surface area contributed by atoms with E-state index in [0.29, 0.717) is 23.3 Å². The number of ether oxygens (including phenoxy) is 1. The number of aromatic amines is 1. The molecule has 1 unspecified atom stereocenters. The first-order chi connectivity index (χ1) is 17.9. The predicted octanol–water partition coefficient (Wildman–Crippen LogP) is 4.75. The van der Waals surface area contributed by atoms with Gasteiger partial charge in [-0.1, -0.05) is 30.3 Å². The summed E-state index contributed by atoms with van der Waals surface area (Å²) in [6.45, 7) is 0.183. The number of H-pyrrole nitrogens is 1. The first-order valence-electron chi connectivity index (χ1n) is 11.6. The molecule has 9 heteroatoms. The molecule has 1 amide bonds. The number of benzene rings is 3. The second-order valence-electron chi connectivity index (χ2n) is 8.68. The topological polar surface area (TPSA) is 126 Å². The Morgan fingerprint density at radius 3 is 2.49 bits per heavy atom. The van der Waals surface area contributed by atoms with E-state index < -0.39 is 22.7 Å². The minimum atomic E-state index is -0.902. The van der Waals surface area contributed by atoms with E-state index >= 15 is 0 Å². The molecule has 2 heterocycles. The number of likely N-dealkylation sites (tertiary alicyclic amines) is 1. The van der Waals surface area contributed by atoms with Gasteiger partial charge in [0.15, 0.2) is 0 Å². The monoisotopic (exact) mass is 497 g/mol. The van der Waals surface area contributed by atoms with E-state index in [4.69, 9.17) is 4.74 Å². The number of nitro benzene ring substituents is 1. The Kier molecular flexibility index (Phi) is 6.19. The number of carbonyl (C=O) groups is 2. The highest BCUT2D eigenvalue weighted by Gasteiger charge is 2.46. The lowest BCUT2D eigenvalue weighted by Gasteiger charge is -2.25. The molecule has 1 aromatic heterocycles. The van der Waals surface area contributed by atoms with Crippen LogP contribution in [0.1, 0.15) is 22.7 Å². The summed E-state index contributed by atoms with van der Waals surface area (Å²) < 4.78 is 5.33. The SMILES string of the molecule is COc1ccc2[nH]cc(CCN3C(=O)C(=O)/C(=C(\O)c4ccccc4)C3c3ccc([N+](=O)[O-])cc3)c2c1. The molecule has 0 saturated carbocycles. The number of nitrogens with one attached hydrogen (secondary N) is 1. The number of nitrogens with zero attached hydrogens (tertiary/aromatic N) is 2. The maximum absolute atomic E-state index is 13.2. The minimum absolute atomic E-state index is 0.0503. The average molecular weight is 498 g/mol. The summed E-state index contributed by atoms with van der Waals surface area (Å²) in [5.41, 5.74) is 2.57. The number of carbonyl (C=O) groups excluding carboxylic acids is 2. The number of non-ortho nitro benzene ring substituents is 1. The predicted molar refractivity (Wildman–Crippen MR) is 137 cm³/mol. The van der Waals surface area contributed by atoms with Gasteiger partial charge in [0.2, 0.25) is 0 Å². The Balaban J connectivity index is 1.55. The zero-order valence-corrected chi connectivity index (χ0v) is 19.9. The summed E-state index contributed by atoms with van der Waals surface area (Å²) in [6, 6.07) is 18.9. The second kappa shape index (κ2) is 9.62. The number of amides is 1. The lowest BCUT2D eigenvalue weighted by atomic mass is 9.95. The number of aromatic nitrogens is 1. The van der Waals surface area contributed by atoms with Gasteiger partial charge in [-0.15, -0.1) is 0 Å². The summed E-state index contributed by atoms with van der Waals surface area (Å²) in [5.74, 6) is -1.13. The molecule has 37 heavy (non-hydrogen) atoms. The van der Waals surface area contributed by atoms with Crippen molar-refractivity contribution in [2.75, 3.05) is 13.7 Å². The van der Waals surface area contributed by atoms with Crippen molar-refractivity contribution in [3.63, 3.8) is 0 Å². The van der Waals surface area contributed by atoms with Crippen LogP contribution in [0.5, 0.6) is 5.75 Å². The van der Waals surface area contributed by atoms with Crippen molar-refractivity contribution in [1.82, 2.24) is 9.88 Å². The van der Waals surface area contributed by atoms with E-state index in [2.05, 4.69) is 4.98 Å². The van der Waals surface area contributed by atoms with Crippen LogP contribution in [0.15, 0.2) is 84.6 Å². The molecule has 3 aromatic carbocycles. The first kappa shape index (κ1) is 23.8. The Morgan fingerprint density at radius 2 is 1.81 bits per heavy atom. The molecule has 0 bridgehead atoms. The molecule has 0 spiro atoms. The van der Waals surface area contributed by atoms with Crippen LogP contribution in [-0.4, -0.2) is 45.3 Å². The van der Waals surface area contributed by atoms with E-state index in [1.165, 1.54) is 29.2 Å². The Bertz CT molecular complexity index is 1540. The van der Waals surface area contributed by atoms with Crippen molar-refractivity contribution in [2.45, 2.75) is 12.5 Å². The lowest BCUT2D eigenvalue weighted by Crippen LogP contribution is -2.31. The molecule has 0 aliphatic carbocycles. The zero-order valence-electron chi connectivity index (χ0n) is 19.9. The maximum atomic E-state index is 13.2. The number of ketones is 1. The average Bonchev–Trinajstić information content (AvgIpc) is 3.44. The highest BCUT2D eigenvalue weighted by molar-refractivity contribution is 6.46. The van der Waals surface area contributed by atoms with Gasteiger partial charge < -0.3 is 19.7 Å². The fourth-order valence-corrected chi connectivity index (χ4v) is 4.72. The van der Waals surface area contributed by atoms with E-state index in [-0.39, 0.29) is 23.6 Å². The minimum Gasteiger partial charge on any atom is -0.507 e. The van der Waals surface area contributed by atoms with E-state index in [0.717, 1.165) is 16.5 Å². The fraction of sp³-hybridized carbons (Fsp3) is 0.143. The maximum Gasteiger partial charge on any atom is 0.295 e. The molecule has 4 aromatic rings. The van der Waals surface area contributed by atoms with Gasteiger partial charge in [-0.3, -0.25) is 19.7 Å². The molecule has 0 radical (unpaired) electrons. The Labute approximate surface area is 211 Å². The van der Waals surface area contributed by atoms with Crippen molar-refractivity contribution >= 4 is 34.0 Å². The summed E-state index contributed by atoms with van der Waals surface area (Å²) in [7, 11) is 1.59. The van der Waals surface area contributed by atoms with Crippen LogP contribution in [0.4, 0.5) is 5.69 Å². The molecule has 9 nitrogen and oxygen atoms in total. The Hall–Kier alpha value is -4.92. The third kappa shape index (κ3) is 4.31. The quantitative estimate of drug-likeness (QED) is 0.125. The van der Waals surface area contributed by atoms with Crippen molar-refractivity contribution < 1.29 is 24.4 Å². The van der Waals surface area contributed by atoms with E-state index in [1.54, 1.807) is 37.4 Å². The Morgan fingerprint density at radius 1 is 1.08 bits per heavy atom. The highest BCUT2D eigenvalue weighted by Crippen LogP contribution is 2.40. The van der Waals surface area contributed by atoms with Crippen LogP contribution < -0.4 is 4.74 Å². The lowest BCUT2D eigenvalue weighted by molar-refractivity contribution is -0.384. The van der Waals surface area contributed by atoms with Crippen LogP contribution in [0.3, 0.4) is 0 Å². The number of aliphatic hydroxyl groups excluding tert-OH is 1. The van der Waals surface area contributed by atoms with Gasteiger partial charge in [-0.25, -0.2) is 0 Å². The molecule has 2 N–H and O–H groups in total. The number of hydrogen-bond donors (Lipinski definition) is 2. The van der Waals surface area contributed by atoms with Crippen molar-refractivity contribution in [3.05, 3.63) is 111 Å². The van der Waals surface area contributed by atoms with E-state index in [9.17, 15) is 24.8 Å². The molecule has 1 saturated heterocycles. The van der Waals surface area contributed by atoms with Gasteiger partial charge in [0.05, 0.1) is 23.6 Å². The summed E-state index contributed by atoms with van der Waals surface area (Å²) in [4.78, 5) is 41.7. The van der Waals surface area contributed by atoms with Crippen molar-refractivity contribution in [3.8, 4) is 5.75 Å². The number of methoxy groups -OCH3 is 1. The van der Waals surface area contributed by atoms with Crippen LogP contribution in [0.2, 0.25) is 0 Å². The summed E-state index contributed by atoms with van der Waals surface area (Å²) in [5, 5.41) is 23.2. The van der Waals surface area contributed by atoms with Gasteiger partial charge in [-0.05, 0) is 47.9 Å². The largest absolute Gasteiger partial charge is 0.507 e. The van der Waals surface area contributed by atoms with Gasteiger partial charge in [0.1, 0.15) is 11.5 Å². The highest BCUT2D eigenvalue weighted by atomic mass is 16.6. The van der Waals surface area contributed by atoms with Crippen LogP contribution in [-0.2, 0) is 16.0 Å². The van der Waals surface area contributed by atoms with Crippen molar-refractivity contribution in [2.24, 2.45) is 0 Å². The number of fused-ring (bicyclic) bond motifs is 1. The number of hydrogen-bond acceptors (Lipinski definition) is 6. The van der Waals surface area contributed by atoms with Gasteiger partial charge in [-0.2, -0.15) is 0 Å². The summed E-state index contributed by atoms with van der Waals surface area (Å²) >= 11 is 0. The fourth-order valence-electron chi connectivity index (χ4n) is 4.72. The number of aliphatic hydroxyl groups is 1. The molecule has 1 atom stereocenters. The first-order valence-corrected chi connectivity index (χ1v) is 11.6. The molecule has 5 rings (SSSR count). The summed E-state index contributed by atoms with van der Waals surface area (Å²) in [6.07, 6.45) is 2.28. The van der Waals surface area contributed by atoms with E-state index in [1.807, 2.05) is 24.4 Å². The molecule has 1 fully saturated rings. The number of Topliss-reactive ketones (excluding diaryl/α,β-unsaturated/α-hetero) is 1. The van der Waals surface area contributed by atoms with Gasteiger partial charge >= 0.3 is 0 Å². The third-order valence-corrected chi connectivity index (χ3v) is 6.60. The van der Waals surface area contributed by atoms with Gasteiger partial charge in [0.25, 0.3) is 17.4 Å². The smallest absolute Gasteiger partial charge is 0.295 e. The molecular weight excluding hydrogens is 474 g/mol. The standard InChI is InChI=1S/C28H23N3O6/c1-37-21-11-12-23-22(15-21)19(16-29-23)13-14-30-25(17-7-9-20(10-8-17)31(35)36)24(27(33)28(30)34)26(32)18-5-3-2-4-6-18/h2-12,15-16,25,29,32H,13-14H2,1H3/b26-24-. The third-order valence-electron chi connectivity index (χ3n) is 6.60. The molecule has 186 valence electrons. The molecule has 1 aliphatic rings. The zero-order chi connectivity index (χ0) is 26.1. The van der Waals surface area contributed by atoms with Crippen molar-refractivity contribution in [1.29, 1.82) is 0 Å². The van der Waals surface area contributed by atoms with Crippen LogP contribution in [0.25, 0.3) is 16.7 Å².